The van der Waals surface area contributed by atoms with E-state index in [2.05, 4.69) is 25.5 Å². The van der Waals surface area contributed by atoms with Gasteiger partial charge in [-0.2, -0.15) is 10.1 Å². The first-order chi connectivity index (χ1) is 11.4. The Hall–Kier alpha value is -2.48. The summed E-state index contributed by atoms with van der Waals surface area (Å²) >= 11 is 0. The number of fused-ring (bicyclic) bond motifs is 1. The average Bonchev–Trinajstić information content (AvgIpc) is 2.97. The smallest absolute Gasteiger partial charge is 0.249 e. The van der Waals surface area contributed by atoms with Gasteiger partial charge in [0.05, 0.1) is 5.69 Å². The lowest BCUT2D eigenvalue weighted by Crippen LogP contribution is -2.09. The highest BCUT2D eigenvalue weighted by Gasteiger charge is 2.20. The fourth-order valence-electron chi connectivity index (χ4n) is 2.37. The quantitative estimate of drug-likeness (QED) is 0.689. The van der Waals surface area contributed by atoms with Crippen molar-refractivity contribution in [1.29, 1.82) is 0 Å². The number of benzene rings is 1. The Labute approximate surface area is 140 Å². The normalized spacial score (nSPS) is 12.0. The highest BCUT2D eigenvalue weighted by atomic mass is 32.2. The van der Waals surface area contributed by atoms with Crippen molar-refractivity contribution in [3.63, 3.8) is 0 Å². The van der Waals surface area contributed by atoms with Gasteiger partial charge in [-0.1, -0.05) is 44.2 Å². The maximum atomic E-state index is 11.9. The first-order valence-electron chi connectivity index (χ1n) is 7.60. The van der Waals surface area contributed by atoms with Gasteiger partial charge in [0.15, 0.2) is 11.3 Å². The lowest BCUT2D eigenvalue weighted by atomic mass is 10.1. The lowest BCUT2D eigenvalue weighted by Gasteiger charge is -2.08. The van der Waals surface area contributed by atoms with Gasteiger partial charge >= 0.3 is 0 Å². The first kappa shape index (κ1) is 16.4. The van der Waals surface area contributed by atoms with Crippen molar-refractivity contribution in [1.82, 2.24) is 20.2 Å². The number of H-pyrrole nitrogens is 1. The molecule has 0 atom stereocenters. The van der Waals surface area contributed by atoms with Crippen LogP contribution in [-0.2, 0) is 16.4 Å². The zero-order chi connectivity index (χ0) is 17.3. The Morgan fingerprint density at radius 1 is 1.12 bits per heavy atom. The summed E-state index contributed by atoms with van der Waals surface area (Å²) in [6.07, 6.45) is 1.10. The summed E-state index contributed by atoms with van der Waals surface area (Å²) in [4.78, 5) is 8.38. The summed E-state index contributed by atoms with van der Waals surface area (Å²) in [5.41, 5.74) is 2.93. The maximum absolute atomic E-state index is 11.9. The van der Waals surface area contributed by atoms with Gasteiger partial charge in [-0.3, -0.25) is 5.10 Å². The lowest BCUT2D eigenvalue weighted by molar-refractivity contribution is 0.594. The standard InChI is InChI=1S/C16H19N5O2S/c1-10(2)12-13-14(21-20-12)15(19-16(18-13)24(3,22)23)17-9-11-7-5-4-6-8-11/h4-8,10H,9H2,1-3H3,(H,20,21)(H,17,18,19). The molecule has 0 saturated heterocycles. The Morgan fingerprint density at radius 2 is 1.83 bits per heavy atom. The van der Waals surface area contributed by atoms with Gasteiger partial charge in [-0.15, -0.1) is 0 Å². The molecule has 2 N–H and O–H groups in total. The summed E-state index contributed by atoms with van der Waals surface area (Å²) in [6, 6.07) is 9.79. The Kier molecular flexibility index (Phi) is 4.23. The third-order valence-electron chi connectivity index (χ3n) is 3.62. The van der Waals surface area contributed by atoms with E-state index in [-0.39, 0.29) is 11.1 Å². The van der Waals surface area contributed by atoms with Gasteiger partial charge in [0, 0.05) is 12.8 Å². The summed E-state index contributed by atoms with van der Waals surface area (Å²) < 4.78 is 23.8. The van der Waals surface area contributed by atoms with E-state index in [0.717, 1.165) is 17.5 Å². The molecule has 0 saturated carbocycles. The summed E-state index contributed by atoms with van der Waals surface area (Å²) in [6.45, 7) is 4.50. The van der Waals surface area contributed by atoms with Gasteiger partial charge in [0.1, 0.15) is 5.52 Å². The van der Waals surface area contributed by atoms with E-state index in [4.69, 9.17) is 0 Å². The predicted octanol–water partition coefficient (Wildman–Crippen LogP) is 2.49. The van der Waals surface area contributed by atoms with Crippen LogP contribution in [0, 0.1) is 0 Å². The number of sulfone groups is 1. The molecule has 0 unspecified atom stereocenters. The third-order valence-corrected chi connectivity index (χ3v) is 4.46. The molecule has 7 nitrogen and oxygen atoms in total. The van der Waals surface area contributed by atoms with Crippen molar-refractivity contribution in [2.75, 3.05) is 11.6 Å². The van der Waals surface area contributed by atoms with Crippen molar-refractivity contribution in [3.8, 4) is 0 Å². The highest BCUT2D eigenvalue weighted by molar-refractivity contribution is 7.90. The van der Waals surface area contributed by atoms with Crippen LogP contribution in [-0.4, -0.2) is 34.8 Å². The van der Waals surface area contributed by atoms with E-state index in [1.807, 2.05) is 44.2 Å². The largest absolute Gasteiger partial charge is 0.364 e. The van der Waals surface area contributed by atoms with E-state index in [1.54, 1.807) is 0 Å². The average molecular weight is 345 g/mol. The van der Waals surface area contributed by atoms with Crippen molar-refractivity contribution in [2.45, 2.75) is 31.5 Å². The van der Waals surface area contributed by atoms with Crippen LogP contribution in [0.15, 0.2) is 35.5 Å². The number of hydrogen-bond acceptors (Lipinski definition) is 6. The molecular formula is C16H19N5O2S. The number of hydrogen-bond donors (Lipinski definition) is 2. The zero-order valence-electron chi connectivity index (χ0n) is 13.7. The van der Waals surface area contributed by atoms with E-state index in [0.29, 0.717) is 23.4 Å². The number of rotatable bonds is 5. The fourth-order valence-corrected chi connectivity index (χ4v) is 2.88. The Bertz CT molecular complexity index is 965. The summed E-state index contributed by atoms with van der Waals surface area (Å²) in [7, 11) is -3.52. The molecule has 0 aliphatic heterocycles. The minimum Gasteiger partial charge on any atom is -0.364 e. The molecule has 0 bridgehead atoms. The van der Waals surface area contributed by atoms with Crippen molar-refractivity contribution < 1.29 is 8.42 Å². The maximum Gasteiger partial charge on any atom is 0.249 e. The van der Waals surface area contributed by atoms with Crippen molar-refractivity contribution in [2.24, 2.45) is 0 Å². The van der Waals surface area contributed by atoms with Crippen molar-refractivity contribution in [3.05, 3.63) is 41.6 Å². The van der Waals surface area contributed by atoms with Crippen LogP contribution in [0.3, 0.4) is 0 Å². The van der Waals surface area contributed by atoms with Gasteiger partial charge in [-0.25, -0.2) is 13.4 Å². The first-order valence-corrected chi connectivity index (χ1v) is 9.49. The van der Waals surface area contributed by atoms with E-state index >= 15 is 0 Å². The number of aromatic amines is 1. The van der Waals surface area contributed by atoms with E-state index in [9.17, 15) is 8.42 Å². The molecule has 24 heavy (non-hydrogen) atoms. The molecule has 3 aromatic rings. The molecule has 0 amide bonds. The second-order valence-corrected chi connectivity index (χ2v) is 7.86. The minimum absolute atomic E-state index is 0.138. The minimum atomic E-state index is -3.52. The fraction of sp³-hybridized carbons (Fsp3) is 0.312. The molecule has 0 aliphatic carbocycles. The molecule has 0 radical (unpaired) electrons. The monoisotopic (exact) mass is 345 g/mol. The van der Waals surface area contributed by atoms with Gasteiger partial charge in [0.25, 0.3) is 0 Å². The molecule has 0 aliphatic rings. The van der Waals surface area contributed by atoms with Crippen LogP contribution in [0.1, 0.15) is 31.0 Å². The molecule has 126 valence electrons. The van der Waals surface area contributed by atoms with Gasteiger partial charge < -0.3 is 5.32 Å². The zero-order valence-corrected chi connectivity index (χ0v) is 14.6. The third kappa shape index (κ3) is 3.23. The number of nitrogens with one attached hydrogen (secondary N) is 2. The number of anilines is 1. The molecule has 0 fully saturated rings. The van der Waals surface area contributed by atoms with Gasteiger partial charge in [-0.05, 0) is 11.5 Å². The molecular weight excluding hydrogens is 326 g/mol. The Balaban J connectivity index is 2.08. The predicted molar refractivity (Wildman–Crippen MR) is 92.7 cm³/mol. The van der Waals surface area contributed by atoms with Gasteiger partial charge in [0.2, 0.25) is 15.0 Å². The molecule has 8 heteroatoms. The van der Waals surface area contributed by atoms with Crippen LogP contribution in [0.5, 0.6) is 0 Å². The van der Waals surface area contributed by atoms with Crippen LogP contribution in [0.25, 0.3) is 11.0 Å². The van der Waals surface area contributed by atoms with Crippen LogP contribution in [0.4, 0.5) is 5.82 Å². The van der Waals surface area contributed by atoms with Crippen LogP contribution >= 0.6 is 0 Å². The van der Waals surface area contributed by atoms with E-state index < -0.39 is 9.84 Å². The molecule has 0 spiro atoms. The Morgan fingerprint density at radius 3 is 2.46 bits per heavy atom. The van der Waals surface area contributed by atoms with Crippen LogP contribution in [0.2, 0.25) is 0 Å². The van der Waals surface area contributed by atoms with E-state index in [1.165, 1.54) is 0 Å². The topological polar surface area (TPSA) is 101 Å². The second kappa shape index (κ2) is 6.20. The van der Waals surface area contributed by atoms with Crippen molar-refractivity contribution >= 4 is 26.7 Å². The molecule has 1 aromatic carbocycles. The molecule has 3 rings (SSSR count). The SMILES string of the molecule is CC(C)c1[nH]nc2c(NCc3ccccc3)nc(S(C)(=O)=O)nc12. The second-order valence-electron chi connectivity index (χ2n) is 5.96. The number of aromatic nitrogens is 4. The van der Waals surface area contributed by atoms with Crippen LogP contribution < -0.4 is 5.32 Å². The summed E-state index contributed by atoms with van der Waals surface area (Å²) in [5.74, 6) is 0.548. The summed E-state index contributed by atoms with van der Waals surface area (Å²) in [5, 5.41) is 10.2. The molecule has 2 aromatic heterocycles. The highest BCUT2D eigenvalue weighted by Crippen LogP contribution is 2.26. The molecule has 2 heterocycles. The number of nitrogens with zero attached hydrogens (tertiary/aromatic N) is 3.